The summed E-state index contributed by atoms with van der Waals surface area (Å²) in [5, 5.41) is 0.346. The van der Waals surface area contributed by atoms with Gasteiger partial charge in [0.2, 0.25) is 0 Å². The molecule has 1 aliphatic rings. The van der Waals surface area contributed by atoms with E-state index in [9.17, 15) is 8.42 Å². The lowest BCUT2D eigenvalue weighted by atomic mass is 10.1. The van der Waals surface area contributed by atoms with E-state index in [2.05, 4.69) is 9.88 Å². The Hall–Kier alpha value is -0.660. The minimum atomic E-state index is -2.92. The highest BCUT2D eigenvalue weighted by Gasteiger charge is 2.27. The van der Waals surface area contributed by atoms with Crippen molar-refractivity contribution in [3.8, 4) is 0 Å². The number of nitrogens with two attached hydrogens (primary N) is 1. The highest BCUT2D eigenvalue weighted by molar-refractivity contribution is 7.91. The van der Waals surface area contributed by atoms with Crippen molar-refractivity contribution in [1.29, 1.82) is 0 Å². The molecule has 2 N–H and O–H groups in total. The molecule has 7 heteroatoms. The van der Waals surface area contributed by atoms with Crippen LogP contribution in [0.25, 0.3) is 0 Å². The van der Waals surface area contributed by atoms with E-state index in [1.807, 2.05) is 0 Å². The van der Waals surface area contributed by atoms with Gasteiger partial charge in [0.1, 0.15) is 0 Å². The van der Waals surface area contributed by atoms with Gasteiger partial charge in [-0.05, 0) is 19.4 Å². The first-order valence-electron chi connectivity index (χ1n) is 5.56. The zero-order valence-corrected chi connectivity index (χ0v) is 11.4. The molecule has 2 rings (SSSR count). The fourth-order valence-corrected chi connectivity index (χ4v) is 3.93. The maximum absolute atomic E-state index is 11.5. The maximum Gasteiger partial charge on any atom is 0.180 e. The summed E-state index contributed by atoms with van der Waals surface area (Å²) in [5.74, 6) is 0. The van der Waals surface area contributed by atoms with E-state index < -0.39 is 9.84 Å². The van der Waals surface area contributed by atoms with Crippen LogP contribution in [0.2, 0.25) is 0 Å². The van der Waals surface area contributed by atoms with E-state index in [4.69, 9.17) is 5.73 Å². The first-order chi connectivity index (χ1) is 7.95. The quantitative estimate of drug-likeness (QED) is 0.880. The normalized spacial score (nSPS) is 22.8. The van der Waals surface area contributed by atoms with Crippen molar-refractivity contribution >= 4 is 26.3 Å². The Kier molecular flexibility index (Phi) is 3.70. The third-order valence-corrected chi connectivity index (χ3v) is 5.43. The van der Waals surface area contributed by atoms with Gasteiger partial charge >= 0.3 is 0 Å². The van der Waals surface area contributed by atoms with Gasteiger partial charge in [0.25, 0.3) is 0 Å². The second kappa shape index (κ2) is 4.91. The molecular formula is C10H17N3O2S2. The van der Waals surface area contributed by atoms with E-state index in [1.54, 1.807) is 6.20 Å². The number of hydrogen-bond donors (Lipinski definition) is 1. The van der Waals surface area contributed by atoms with E-state index in [1.165, 1.54) is 17.6 Å². The third-order valence-electron chi connectivity index (χ3n) is 3.02. The van der Waals surface area contributed by atoms with Crippen LogP contribution in [0, 0.1) is 0 Å². The number of nitrogen functional groups attached to an aromatic ring is 1. The zero-order chi connectivity index (χ0) is 12.5. The average molecular weight is 275 g/mol. The highest BCUT2D eigenvalue weighted by Crippen LogP contribution is 2.21. The van der Waals surface area contributed by atoms with Crippen LogP contribution in [0.1, 0.15) is 17.7 Å². The van der Waals surface area contributed by atoms with Gasteiger partial charge in [-0.25, -0.2) is 13.4 Å². The number of likely N-dealkylation sites (tertiary alicyclic amines) is 1. The molecule has 96 valence electrons. The Labute approximate surface area is 106 Å². The molecule has 0 aromatic carbocycles. The fourth-order valence-electron chi connectivity index (χ4n) is 2.12. The van der Waals surface area contributed by atoms with Gasteiger partial charge in [-0.2, -0.15) is 0 Å². The Bertz CT molecular complexity index is 483. The van der Waals surface area contributed by atoms with E-state index >= 15 is 0 Å². The van der Waals surface area contributed by atoms with E-state index in [-0.39, 0.29) is 5.25 Å². The smallest absolute Gasteiger partial charge is 0.180 e. The number of hydrogen-bond acceptors (Lipinski definition) is 6. The van der Waals surface area contributed by atoms with Gasteiger partial charge < -0.3 is 5.73 Å². The van der Waals surface area contributed by atoms with Crippen LogP contribution in [0.3, 0.4) is 0 Å². The van der Waals surface area contributed by atoms with Crippen molar-refractivity contribution in [1.82, 2.24) is 9.88 Å². The summed E-state index contributed by atoms with van der Waals surface area (Å²) in [6.45, 7) is 2.32. The third kappa shape index (κ3) is 3.40. The van der Waals surface area contributed by atoms with Gasteiger partial charge in [-0.15, -0.1) is 11.3 Å². The Morgan fingerprint density at radius 1 is 1.65 bits per heavy atom. The van der Waals surface area contributed by atoms with Crippen LogP contribution >= 0.6 is 11.3 Å². The van der Waals surface area contributed by atoms with Crippen LogP contribution in [-0.4, -0.2) is 42.9 Å². The van der Waals surface area contributed by atoms with Crippen molar-refractivity contribution < 1.29 is 8.42 Å². The second-order valence-electron chi connectivity index (χ2n) is 4.49. The lowest BCUT2D eigenvalue weighted by Gasteiger charge is -2.31. The number of sulfone groups is 1. The molecule has 1 unspecified atom stereocenters. The predicted octanol–water partition coefficient (Wildman–Crippen LogP) is 0.734. The second-order valence-corrected chi connectivity index (χ2v) is 7.97. The Balaban J connectivity index is 1.98. The largest absolute Gasteiger partial charge is 0.375 e. The molecule has 0 amide bonds. The molecular weight excluding hydrogens is 258 g/mol. The van der Waals surface area contributed by atoms with Crippen molar-refractivity contribution in [2.45, 2.75) is 24.6 Å². The summed E-state index contributed by atoms with van der Waals surface area (Å²) >= 11 is 1.47. The van der Waals surface area contributed by atoms with Crippen LogP contribution < -0.4 is 5.73 Å². The number of piperidine rings is 1. The van der Waals surface area contributed by atoms with Crippen LogP contribution in [0.4, 0.5) is 5.13 Å². The minimum Gasteiger partial charge on any atom is -0.375 e. The molecule has 1 saturated heterocycles. The standard InChI is InChI=1S/C10H17N3O2S2/c1-17(14,15)9-3-2-4-13(7-9)6-8-5-12-10(11)16-8/h5,9H,2-4,6-7H2,1H3,(H2,11,12). The molecule has 1 atom stereocenters. The first kappa shape index (κ1) is 12.8. The summed E-state index contributed by atoms with van der Waals surface area (Å²) < 4.78 is 23.1. The number of anilines is 1. The van der Waals surface area contributed by atoms with Crippen LogP contribution in [-0.2, 0) is 16.4 Å². The molecule has 0 saturated carbocycles. The molecule has 1 fully saturated rings. The molecule has 1 aliphatic heterocycles. The molecule has 1 aromatic heterocycles. The van der Waals surface area contributed by atoms with Crippen molar-refractivity contribution in [3.05, 3.63) is 11.1 Å². The monoisotopic (exact) mass is 275 g/mol. The number of nitrogens with zero attached hydrogens (tertiary/aromatic N) is 2. The number of rotatable bonds is 3. The van der Waals surface area contributed by atoms with Crippen LogP contribution in [0.15, 0.2) is 6.20 Å². The van der Waals surface area contributed by atoms with Gasteiger partial charge in [0.15, 0.2) is 15.0 Å². The average Bonchev–Trinajstić information content (AvgIpc) is 2.63. The predicted molar refractivity (Wildman–Crippen MR) is 69.7 cm³/mol. The molecule has 1 aromatic rings. The Morgan fingerprint density at radius 2 is 2.41 bits per heavy atom. The Morgan fingerprint density at radius 3 is 3.00 bits per heavy atom. The fraction of sp³-hybridized carbons (Fsp3) is 0.700. The lowest BCUT2D eigenvalue weighted by Crippen LogP contribution is -2.41. The summed E-state index contributed by atoms with van der Waals surface area (Å²) in [4.78, 5) is 7.26. The summed E-state index contributed by atoms with van der Waals surface area (Å²) in [5.41, 5.74) is 5.57. The summed E-state index contributed by atoms with van der Waals surface area (Å²) in [6.07, 6.45) is 4.81. The van der Waals surface area contributed by atoms with Gasteiger partial charge in [0, 0.05) is 30.4 Å². The molecule has 5 nitrogen and oxygen atoms in total. The molecule has 0 radical (unpaired) electrons. The summed E-state index contributed by atoms with van der Waals surface area (Å²) in [6, 6.07) is 0. The van der Waals surface area contributed by atoms with Crippen molar-refractivity contribution in [2.24, 2.45) is 0 Å². The molecule has 0 bridgehead atoms. The molecule has 17 heavy (non-hydrogen) atoms. The molecule has 0 aliphatic carbocycles. The van der Waals surface area contributed by atoms with E-state index in [0.717, 1.165) is 30.8 Å². The number of thiazole rings is 1. The maximum atomic E-state index is 11.5. The van der Waals surface area contributed by atoms with Crippen molar-refractivity contribution in [3.63, 3.8) is 0 Å². The minimum absolute atomic E-state index is 0.221. The SMILES string of the molecule is CS(=O)(=O)C1CCCN(Cc2cnc(N)s2)C1. The topological polar surface area (TPSA) is 76.3 Å². The molecule has 0 spiro atoms. The van der Waals surface area contributed by atoms with Crippen LogP contribution in [0.5, 0.6) is 0 Å². The van der Waals surface area contributed by atoms with Gasteiger partial charge in [-0.3, -0.25) is 4.90 Å². The summed E-state index contributed by atoms with van der Waals surface area (Å²) in [7, 11) is -2.92. The number of aromatic nitrogens is 1. The molecule has 2 heterocycles. The van der Waals surface area contributed by atoms with Crippen molar-refractivity contribution in [2.75, 3.05) is 25.1 Å². The van der Waals surface area contributed by atoms with Gasteiger partial charge in [0.05, 0.1) is 5.25 Å². The van der Waals surface area contributed by atoms with Gasteiger partial charge in [-0.1, -0.05) is 0 Å². The highest BCUT2D eigenvalue weighted by atomic mass is 32.2. The first-order valence-corrected chi connectivity index (χ1v) is 8.33. The lowest BCUT2D eigenvalue weighted by molar-refractivity contribution is 0.224. The zero-order valence-electron chi connectivity index (χ0n) is 9.80. The van der Waals surface area contributed by atoms with E-state index in [0.29, 0.717) is 11.7 Å².